The van der Waals surface area contributed by atoms with Crippen molar-refractivity contribution in [3.8, 4) is 6.07 Å². The van der Waals surface area contributed by atoms with Crippen LogP contribution in [-0.4, -0.2) is 46.6 Å². The zero-order chi connectivity index (χ0) is 15.6. The number of amides is 1. The van der Waals surface area contributed by atoms with Crippen molar-refractivity contribution >= 4 is 13.7 Å². The molecule has 0 aromatic heterocycles. The summed E-state index contributed by atoms with van der Waals surface area (Å²) in [4.78, 5) is 31.4. The average Bonchev–Trinajstić information content (AvgIpc) is 2.43. The lowest BCUT2D eigenvalue weighted by Crippen LogP contribution is -2.51. The van der Waals surface area contributed by atoms with Gasteiger partial charge in [-0.25, -0.2) is 4.79 Å². The molecule has 2 N–H and O–H groups in total. The van der Waals surface area contributed by atoms with Gasteiger partial charge in [-0.05, 0) is 43.4 Å². The first-order valence-electron chi connectivity index (χ1n) is 7.12. The second-order valence-corrected chi connectivity index (χ2v) is 7.74. The Morgan fingerprint density at radius 1 is 1.38 bits per heavy atom. The van der Waals surface area contributed by atoms with Crippen molar-refractivity contribution in [2.45, 2.75) is 31.7 Å². The zero-order valence-electron chi connectivity index (χ0n) is 12.0. The van der Waals surface area contributed by atoms with Crippen LogP contribution in [-0.2, 0) is 9.30 Å². The quantitative estimate of drug-likeness (QED) is 0.748. The molecule has 1 aliphatic heterocycles. The minimum Gasteiger partial charge on any atom is -0.453 e. The van der Waals surface area contributed by atoms with Crippen LogP contribution in [0.2, 0.25) is 0 Å². The Hall–Kier alpha value is -1.09. The summed E-state index contributed by atoms with van der Waals surface area (Å²) in [5, 5.41) is 9.22. The third-order valence-corrected chi connectivity index (χ3v) is 5.63. The number of likely N-dealkylation sites (tertiary alicyclic amines) is 1. The number of hydrogen-bond acceptors (Lipinski definition) is 4. The van der Waals surface area contributed by atoms with Gasteiger partial charge in [-0.3, -0.25) is 9.46 Å². The van der Waals surface area contributed by atoms with Crippen molar-refractivity contribution in [3.05, 3.63) is 0 Å². The Balaban J connectivity index is 2.02. The van der Waals surface area contributed by atoms with Crippen molar-refractivity contribution in [1.82, 2.24) is 4.90 Å². The van der Waals surface area contributed by atoms with Crippen molar-refractivity contribution < 1.29 is 23.9 Å². The molecule has 0 aromatic rings. The highest BCUT2D eigenvalue weighted by Crippen LogP contribution is 2.46. The molecular weight excluding hydrogens is 295 g/mol. The number of carbonyl (C=O) groups is 1. The minimum atomic E-state index is -3.99. The smallest absolute Gasteiger partial charge is 0.410 e. The van der Waals surface area contributed by atoms with E-state index in [0.29, 0.717) is 18.9 Å². The number of fused-ring (bicyclic) bond motifs is 1. The highest BCUT2D eigenvalue weighted by Gasteiger charge is 2.42. The van der Waals surface area contributed by atoms with Gasteiger partial charge in [-0.2, -0.15) is 5.26 Å². The topological polar surface area (TPSA) is 111 Å². The van der Waals surface area contributed by atoms with Gasteiger partial charge in [0.05, 0.1) is 19.3 Å². The van der Waals surface area contributed by atoms with Gasteiger partial charge in [-0.1, -0.05) is 0 Å². The molecule has 21 heavy (non-hydrogen) atoms. The van der Waals surface area contributed by atoms with Crippen LogP contribution in [0.5, 0.6) is 0 Å². The second-order valence-electron chi connectivity index (χ2n) is 6.05. The molecule has 0 aromatic carbocycles. The SMILES string of the molecule is COC(=O)N1C[C@@H]2CC[C@H](CP(=O)(O)O)C[C@@H]2CC1C#N. The second kappa shape index (κ2) is 6.35. The Kier molecular flexibility index (Phi) is 4.92. The third kappa shape index (κ3) is 3.97. The van der Waals surface area contributed by atoms with Gasteiger partial charge in [0.2, 0.25) is 0 Å². The van der Waals surface area contributed by atoms with Crippen molar-refractivity contribution in [3.63, 3.8) is 0 Å². The van der Waals surface area contributed by atoms with Gasteiger partial charge in [0.15, 0.2) is 0 Å². The number of ether oxygens (including phenoxy) is 1. The third-order valence-electron chi connectivity index (χ3n) is 4.64. The number of hydrogen-bond donors (Lipinski definition) is 2. The van der Waals surface area contributed by atoms with E-state index in [1.807, 2.05) is 0 Å². The monoisotopic (exact) mass is 316 g/mol. The number of carbonyl (C=O) groups excluding carboxylic acids is 1. The van der Waals surface area contributed by atoms with Gasteiger partial charge in [-0.15, -0.1) is 0 Å². The molecule has 1 amide bonds. The standard InChI is InChI=1S/C13H21N2O5P/c1-20-13(16)15-7-10-3-2-9(8-21(17,18)19)4-11(10)5-12(15)6-14/h9-12H,2-5,7-8H2,1H3,(H2,17,18,19)/t9-,10-,11+,12?/m0/s1. The first kappa shape index (κ1) is 16.3. The van der Waals surface area contributed by atoms with Crippen LogP contribution in [0.1, 0.15) is 25.7 Å². The molecule has 2 aliphatic rings. The molecular formula is C13H21N2O5P. The average molecular weight is 316 g/mol. The predicted octanol–water partition coefficient (Wildman–Crippen LogP) is 1.56. The van der Waals surface area contributed by atoms with E-state index < -0.39 is 19.7 Å². The molecule has 1 saturated carbocycles. The van der Waals surface area contributed by atoms with Gasteiger partial charge >= 0.3 is 13.7 Å². The molecule has 0 radical (unpaired) electrons. The van der Waals surface area contributed by atoms with Crippen LogP contribution in [0.4, 0.5) is 4.79 Å². The normalized spacial score (nSPS) is 33.0. The Morgan fingerprint density at radius 3 is 2.67 bits per heavy atom. The number of piperidine rings is 1. The van der Waals surface area contributed by atoms with Gasteiger partial charge in [0.25, 0.3) is 0 Å². The number of rotatable bonds is 2. The Bertz CT molecular complexity index is 485. The molecule has 0 bridgehead atoms. The van der Waals surface area contributed by atoms with Crippen LogP contribution in [0.15, 0.2) is 0 Å². The van der Waals surface area contributed by atoms with Crippen LogP contribution >= 0.6 is 7.60 Å². The lowest BCUT2D eigenvalue weighted by atomic mass is 9.70. The molecule has 1 aliphatic carbocycles. The van der Waals surface area contributed by atoms with Gasteiger partial charge < -0.3 is 14.5 Å². The summed E-state index contributed by atoms with van der Waals surface area (Å²) in [6, 6.07) is 1.63. The zero-order valence-corrected chi connectivity index (χ0v) is 12.9. The first-order valence-corrected chi connectivity index (χ1v) is 8.92. The van der Waals surface area contributed by atoms with Crippen LogP contribution in [0.25, 0.3) is 0 Å². The maximum absolute atomic E-state index is 11.7. The predicted molar refractivity (Wildman–Crippen MR) is 74.4 cm³/mol. The summed E-state index contributed by atoms with van der Waals surface area (Å²) in [6.07, 6.45) is 2.34. The molecule has 1 saturated heterocycles. The Morgan fingerprint density at radius 2 is 2.10 bits per heavy atom. The summed E-state index contributed by atoms with van der Waals surface area (Å²) in [5.74, 6) is 0.554. The first-order chi connectivity index (χ1) is 9.84. The van der Waals surface area contributed by atoms with Crippen LogP contribution < -0.4 is 0 Å². The summed E-state index contributed by atoms with van der Waals surface area (Å²) in [5.41, 5.74) is 0. The summed E-state index contributed by atoms with van der Waals surface area (Å²) in [7, 11) is -2.68. The fourth-order valence-electron chi connectivity index (χ4n) is 3.69. The van der Waals surface area contributed by atoms with Gasteiger partial charge in [0, 0.05) is 6.54 Å². The summed E-state index contributed by atoms with van der Waals surface area (Å²) >= 11 is 0. The van der Waals surface area contributed by atoms with Crippen molar-refractivity contribution in [1.29, 1.82) is 5.26 Å². The molecule has 2 fully saturated rings. The van der Waals surface area contributed by atoms with Gasteiger partial charge in [0.1, 0.15) is 6.04 Å². The minimum absolute atomic E-state index is 0.0103. The molecule has 2 rings (SSSR count). The Labute approximate surface area is 124 Å². The van der Waals surface area contributed by atoms with E-state index in [9.17, 15) is 14.6 Å². The van der Waals surface area contributed by atoms with Crippen LogP contribution in [0, 0.1) is 29.1 Å². The molecule has 4 atom stereocenters. The maximum atomic E-state index is 11.7. The number of nitriles is 1. The fourth-order valence-corrected chi connectivity index (χ4v) is 4.69. The highest BCUT2D eigenvalue weighted by atomic mass is 31.2. The molecule has 0 spiro atoms. The summed E-state index contributed by atoms with van der Waals surface area (Å²) < 4.78 is 15.9. The largest absolute Gasteiger partial charge is 0.453 e. The highest BCUT2D eigenvalue weighted by molar-refractivity contribution is 7.51. The van der Waals surface area contributed by atoms with E-state index in [1.165, 1.54) is 12.0 Å². The van der Waals surface area contributed by atoms with E-state index in [-0.39, 0.29) is 18.0 Å². The molecule has 118 valence electrons. The number of methoxy groups -OCH3 is 1. The number of nitrogens with zero attached hydrogens (tertiary/aromatic N) is 2. The van der Waals surface area contributed by atoms with E-state index in [2.05, 4.69) is 6.07 Å². The van der Waals surface area contributed by atoms with Crippen molar-refractivity contribution in [2.24, 2.45) is 17.8 Å². The lowest BCUT2D eigenvalue weighted by Gasteiger charge is -2.45. The van der Waals surface area contributed by atoms with E-state index in [1.54, 1.807) is 0 Å². The molecule has 1 unspecified atom stereocenters. The molecule has 1 heterocycles. The van der Waals surface area contributed by atoms with E-state index in [4.69, 9.17) is 14.5 Å². The lowest BCUT2D eigenvalue weighted by molar-refractivity contribution is 0.0388. The van der Waals surface area contributed by atoms with Crippen molar-refractivity contribution in [2.75, 3.05) is 19.8 Å². The molecule has 8 heteroatoms. The maximum Gasteiger partial charge on any atom is 0.410 e. The summed E-state index contributed by atoms with van der Waals surface area (Å²) in [6.45, 7) is 0.498. The molecule has 7 nitrogen and oxygen atoms in total. The van der Waals surface area contributed by atoms with Crippen LogP contribution in [0.3, 0.4) is 0 Å². The fraction of sp³-hybridized carbons (Fsp3) is 0.846. The van der Waals surface area contributed by atoms with E-state index >= 15 is 0 Å². The van der Waals surface area contributed by atoms with E-state index in [0.717, 1.165) is 19.3 Å².